The molecule has 184 valence electrons. The van der Waals surface area contributed by atoms with E-state index in [1.807, 2.05) is 32.0 Å². The lowest BCUT2D eigenvalue weighted by Crippen LogP contribution is -2.31. The van der Waals surface area contributed by atoms with Crippen molar-refractivity contribution in [2.75, 3.05) is 16.8 Å². The number of amides is 3. The highest BCUT2D eigenvalue weighted by molar-refractivity contribution is 6.22. The molecule has 0 radical (unpaired) electrons. The first-order valence-corrected chi connectivity index (χ1v) is 12.4. The fourth-order valence-electron chi connectivity index (χ4n) is 5.21. The van der Waals surface area contributed by atoms with Crippen LogP contribution in [0.25, 0.3) is 0 Å². The molecule has 1 heterocycles. The maximum absolute atomic E-state index is 13.0. The van der Waals surface area contributed by atoms with Crippen molar-refractivity contribution in [3.05, 3.63) is 59.2 Å². The van der Waals surface area contributed by atoms with Crippen LogP contribution < -0.4 is 10.2 Å². The fourth-order valence-corrected chi connectivity index (χ4v) is 5.21. The minimum absolute atomic E-state index is 0.183. The Bertz CT molecular complexity index is 1140. The highest BCUT2D eigenvalue weighted by Gasteiger charge is 2.50. The van der Waals surface area contributed by atoms with Crippen LogP contribution in [0.5, 0.6) is 0 Å². The Morgan fingerprint density at radius 2 is 1.63 bits per heavy atom. The van der Waals surface area contributed by atoms with Crippen LogP contribution in [0.2, 0.25) is 0 Å². The summed E-state index contributed by atoms with van der Waals surface area (Å²) in [6.45, 7) is 5.70. The first kappa shape index (κ1) is 24.6. The van der Waals surface area contributed by atoms with E-state index in [1.165, 1.54) is 11.0 Å². The third-order valence-corrected chi connectivity index (χ3v) is 7.13. The lowest BCUT2D eigenvalue weighted by Gasteiger charge is -2.25. The molecular formula is C28H32N2O5. The van der Waals surface area contributed by atoms with Crippen LogP contribution in [0, 0.1) is 17.8 Å². The van der Waals surface area contributed by atoms with Gasteiger partial charge in [0.15, 0.2) is 6.61 Å². The molecule has 1 aliphatic carbocycles. The minimum Gasteiger partial charge on any atom is -0.452 e. The molecule has 1 saturated carbocycles. The number of carbonyl (C=O) groups excluding carboxylic acids is 4. The van der Waals surface area contributed by atoms with Gasteiger partial charge in [-0.3, -0.25) is 19.3 Å². The van der Waals surface area contributed by atoms with Crippen molar-refractivity contribution >= 4 is 35.1 Å². The third kappa shape index (κ3) is 4.99. The summed E-state index contributed by atoms with van der Waals surface area (Å²) < 4.78 is 5.25. The van der Waals surface area contributed by atoms with Gasteiger partial charge in [0.2, 0.25) is 11.8 Å². The topological polar surface area (TPSA) is 92.8 Å². The van der Waals surface area contributed by atoms with E-state index in [9.17, 15) is 19.2 Å². The molecule has 2 fully saturated rings. The van der Waals surface area contributed by atoms with Crippen molar-refractivity contribution in [3.63, 3.8) is 0 Å². The number of anilines is 2. The van der Waals surface area contributed by atoms with Gasteiger partial charge in [-0.25, -0.2) is 4.79 Å². The van der Waals surface area contributed by atoms with Crippen LogP contribution in [0.1, 0.15) is 61.5 Å². The van der Waals surface area contributed by atoms with E-state index in [4.69, 9.17) is 4.74 Å². The van der Waals surface area contributed by atoms with Crippen LogP contribution in [-0.4, -0.2) is 30.3 Å². The Morgan fingerprint density at radius 1 is 0.971 bits per heavy atom. The number of nitrogens with one attached hydrogen (secondary N) is 1. The Hall–Kier alpha value is -3.48. The predicted molar refractivity (Wildman–Crippen MR) is 133 cm³/mol. The van der Waals surface area contributed by atoms with Crippen molar-refractivity contribution in [1.82, 2.24) is 0 Å². The summed E-state index contributed by atoms with van der Waals surface area (Å²) in [4.78, 5) is 52.4. The molecule has 1 N–H and O–H groups in total. The smallest absolute Gasteiger partial charge is 0.338 e. The molecule has 7 nitrogen and oxygen atoms in total. The molecule has 0 aromatic heterocycles. The van der Waals surface area contributed by atoms with Gasteiger partial charge in [0.05, 0.1) is 23.1 Å². The van der Waals surface area contributed by atoms with Crippen LogP contribution in [0.3, 0.4) is 0 Å². The quantitative estimate of drug-likeness (QED) is 0.468. The van der Waals surface area contributed by atoms with Gasteiger partial charge in [-0.05, 0) is 67.3 Å². The summed E-state index contributed by atoms with van der Waals surface area (Å²) in [5.74, 6) is -1.66. The summed E-state index contributed by atoms with van der Waals surface area (Å²) in [5.41, 5.74) is 3.36. The maximum Gasteiger partial charge on any atom is 0.338 e. The molecule has 2 aromatic carbocycles. The zero-order valence-electron chi connectivity index (χ0n) is 20.5. The van der Waals surface area contributed by atoms with Crippen molar-refractivity contribution in [3.8, 4) is 0 Å². The zero-order chi connectivity index (χ0) is 25.1. The average molecular weight is 477 g/mol. The Morgan fingerprint density at radius 3 is 2.31 bits per heavy atom. The molecule has 3 amide bonds. The van der Waals surface area contributed by atoms with E-state index < -0.39 is 18.5 Å². The van der Waals surface area contributed by atoms with Crippen molar-refractivity contribution in [1.29, 1.82) is 0 Å². The van der Waals surface area contributed by atoms with Crippen molar-refractivity contribution < 1.29 is 23.9 Å². The number of hydrogen-bond donors (Lipinski definition) is 1. The number of carbonyl (C=O) groups is 4. The summed E-state index contributed by atoms with van der Waals surface area (Å²) in [6.07, 6.45) is 3.90. The van der Waals surface area contributed by atoms with E-state index >= 15 is 0 Å². The SMILES string of the molecule is CCc1cccc(CC)c1NC(=O)COC(=O)c1cccc(N2C(=O)[C@@H]3CC[C@H](C)C[C@H]3C2=O)c1. The highest BCUT2D eigenvalue weighted by atomic mass is 16.5. The number of nitrogens with zero attached hydrogens (tertiary/aromatic N) is 1. The van der Waals surface area contributed by atoms with Gasteiger partial charge in [-0.1, -0.05) is 45.0 Å². The predicted octanol–water partition coefficient (Wildman–Crippen LogP) is 4.53. The Balaban J connectivity index is 1.42. The second kappa shape index (κ2) is 10.4. The summed E-state index contributed by atoms with van der Waals surface area (Å²) in [6, 6.07) is 12.2. The van der Waals surface area contributed by atoms with E-state index in [-0.39, 0.29) is 29.2 Å². The molecule has 1 saturated heterocycles. The van der Waals surface area contributed by atoms with Crippen LogP contribution in [0.15, 0.2) is 42.5 Å². The van der Waals surface area contributed by atoms with Crippen LogP contribution in [-0.2, 0) is 32.0 Å². The number of imide groups is 1. The first-order valence-electron chi connectivity index (χ1n) is 12.4. The lowest BCUT2D eigenvalue weighted by atomic mass is 9.76. The summed E-state index contributed by atoms with van der Waals surface area (Å²) >= 11 is 0. The largest absolute Gasteiger partial charge is 0.452 e. The van der Waals surface area contributed by atoms with Gasteiger partial charge < -0.3 is 10.1 Å². The molecule has 7 heteroatoms. The van der Waals surface area contributed by atoms with Gasteiger partial charge >= 0.3 is 5.97 Å². The Labute approximate surface area is 205 Å². The van der Waals surface area contributed by atoms with Gasteiger partial charge in [0.1, 0.15) is 0 Å². The van der Waals surface area contributed by atoms with E-state index in [2.05, 4.69) is 12.2 Å². The summed E-state index contributed by atoms with van der Waals surface area (Å²) in [5, 5.41) is 2.87. The number of esters is 1. The molecule has 3 atom stereocenters. The lowest BCUT2D eigenvalue weighted by molar-refractivity contribution is -0.122. The second-order valence-electron chi connectivity index (χ2n) is 9.48. The van der Waals surface area contributed by atoms with Gasteiger partial charge in [0.25, 0.3) is 5.91 Å². The van der Waals surface area contributed by atoms with E-state index in [1.54, 1.807) is 18.2 Å². The van der Waals surface area contributed by atoms with Gasteiger partial charge in [0, 0.05) is 5.69 Å². The van der Waals surface area contributed by atoms with Crippen molar-refractivity contribution in [2.24, 2.45) is 17.8 Å². The standard InChI is InChI=1S/C28H32N2O5/c1-4-18-8-6-9-19(5-2)25(18)29-24(31)16-35-28(34)20-10-7-11-21(15-20)30-26(32)22-13-12-17(3)14-23(22)27(30)33/h6-11,15,17,22-23H,4-5,12-14,16H2,1-3H3,(H,29,31)/t17-,22+,23+/m0/s1. The molecule has 1 aliphatic heterocycles. The molecule has 0 unspecified atom stereocenters. The van der Waals surface area contributed by atoms with Crippen molar-refractivity contribution in [2.45, 2.75) is 52.9 Å². The monoisotopic (exact) mass is 476 g/mol. The number of fused-ring (bicyclic) bond motifs is 1. The average Bonchev–Trinajstić information content (AvgIpc) is 3.11. The number of aryl methyl sites for hydroxylation is 2. The molecule has 2 aromatic rings. The molecule has 35 heavy (non-hydrogen) atoms. The number of para-hydroxylation sites is 1. The Kier molecular flexibility index (Phi) is 7.34. The molecule has 0 bridgehead atoms. The molecule has 4 rings (SSSR count). The third-order valence-electron chi connectivity index (χ3n) is 7.13. The number of benzene rings is 2. The summed E-state index contributed by atoms with van der Waals surface area (Å²) in [7, 11) is 0. The first-order chi connectivity index (χ1) is 16.8. The normalized spacial score (nSPS) is 21.6. The molecular weight excluding hydrogens is 444 g/mol. The number of rotatable bonds is 7. The van der Waals surface area contributed by atoms with Gasteiger partial charge in [-0.15, -0.1) is 0 Å². The molecule has 2 aliphatic rings. The highest BCUT2D eigenvalue weighted by Crippen LogP contribution is 2.42. The molecule has 0 spiro atoms. The zero-order valence-corrected chi connectivity index (χ0v) is 20.5. The minimum atomic E-state index is -0.688. The van der Waals surface area contributed by atoms with E-state index in [0.29, 0.717) is 24.4 Å². The van der Waals surface area contributed by atoms with Crippen LogP contribution >= 0.6 is 0 Å². The van der Waals surface area contributed by atoms with Gasteiger partial charge in [-0.2, -0.15) is 0 Å². The van der Waals surface area contributed by atoms with Crippen LogP contribution in [0.4, 0.5) is 11.4 Å². The van der Waals surface area contributed by atoms with E-state index in [0.717, 1.165) is 36.1 Å². The number of ether oxygens (including phenoxy) is 1. The maximum atomic E-state index is 13.0. The second-order valence-corrected chi connectivity index (χ2v) is 9.48. The number of hydrogen-bond acceptors (Lipinski definition) is 5. The fraction of sp³-hybridized carbons (Fsp3) is 0.429.